The summed E-state index contributed by atoms with van der Waals surface area (Å²) < 4.78 is 0. The second-order valence-corrected chi connectivity index (χ2v) is 11.8. The number of nitrogens with one attached hydrogen (secondary N) is 2. The first kappa shape index (κ1) is 27.6. The van der Waals surface area contributed by atoms with Gasteiger partial charge in [-0.3, -0.25) is 9.59 Å². The van der Waals surface area contributed by atoms with Crippen LogP contribution in [0.2, 0.25) is 0 Å². The van der Waals surface area contributed by atoms with E-state index in [2.05, 4.69) is 10.6 Å². The number of hydrogen-bond acceptors (Lipinski definition) is 4. The standard InChI is InChI=1S/C30H41N5O3/c1-29(2,31)20-32-28(38)33-24(15-14-21-10-6-5-7-11-21)26(36)34-18-16-22(17-19-34)35-25-13-9-8-12-23(25)30(3,4)27(35)37/h5-13,22,24H,14-20,31H2,1-4H3,(H2,32,33,38)/t24-/m0/s1. The van der Waals surface area contributed by atoms with Crippen LogP contribution < -0.4 is 21.3 Å². The van der Waals surface area contributed by atoms with Gasteiger partial charge in [-0.15, -0.1) is 0 Å². The van der Waals surface area contributed by atoms with Gasteiger partial charge >= 0.3 is 6.03 Å². The monoisotopic (exact) mass is 519 g/mol. The lowest BCUT2D eigenvalue weighted by Gasteiger charge is -2.38. The maximum atomic E-state index is 13.6. The molecule has 2 heterocycles. The summed E-state index contributed by atoms with van der Waals surface area (Å²) in [7, 11) is 0. The van der Waals surface area contributed by atoms with Gasteiger partial charge in [0.05, 0.1) is 5.41 Å². The van der Waals surface area contributed by atoms with E-state index in [1.54, 1.807) is 0 Å². The van der Waals surface area contributed by atoms with E-state index in [4.69, 9.17) is 5.73 Å². The Morgan fingerprint density at radius 1 is 1.05 bits per heavy atom. The number of piperidine rings is 1. The average Bonchev–Trinajstić information content (AvgIpc) is 3.10. The van der Waals surface area contributed by atoms with Crippen LogP contribution in [0.1, 0.15) is 58.1 Å². The minimum Gasteiger partial charge on any atom is -0.341 e. The largest absolute Gasteiger partial charge is 0.341 e. The third-order valence-electron chi connectivity index (χ3n) is 7.60. The summed E-state index contributed by atoms with van der Waals surface area (Å²) in [6.45, 7) is 9.00. The van der Waals surface area contributed by atoms with Crippen LogP contribution in [0.15, 0.2) is 54.6 Å². The molecule has 1 atom stereocenters. The van der Waals surface area contributed by atoms with Crippen LogP contribution in [-0.2, 0) is 21.4 Å². The molecular weight excluding hydrogens is 478 g/mol. The fourth-order valence-corrected chi connectivity index (χ4v) is 5.40. The Kier molecular flexibility index (Phi) is 8.11. The molecule has 0 unspecified atom stereocenters. The number of rotatable bonds is 8. The molecule has 4 rings (SSSR count). The van der Waals surface area contributed by atoms with Crippen molar-refractivity contribution in [2.45, 2.75) is 76.4 Å². The van der Waals surface area contributed by atoms with Crippen LogP contribution >= 0.6 is 0 Å². The molecule has 2 aromatic rings. The number of likely N-dealkylation sites (tertiary alicyclic amines) is 1. The van der Waals surface area contributed by atoms with Gasteiger partial charge in [-0.2, -0.15) is 0 Å². The molecule has 0 radical (unpaired) electrons. The Hall–Kier alpha value is -3.39. The Balaban J connectivity index is 1.41. The number of benzene rings is 2. The second kappa shape index (κ2) is 11.2. The zero-order chi connectivity index (χ0) is 27.5. The van der Waals surface area contributed by atoms with Crippen LogP contribution in [-0.4, -0.2) is 60.0 Å². The van der Waals surface area contributed by atoms with Crippen LogP contribution in [0.3, 0.4) is 0 Å². The summed E-state index contributed by atoms with van der Waals surface area (Å²) in [5.41, 5.74) is 8.05. The van der Waals surface area contributed by atoms with E-state index in [0.717, 1.165) is 16.8 Å². The highest BCUT2D eigenvalue weighted by atomic mass is 16.2. The molecule has 0 aliphatic carbocycles. The van der Waals surface area contributed by atoms with Crippen LogP contribution in [0.25, 0.3) is 0 Å². The van der Waals surface area contributed by atoms with Gasteiger partial charge in [0.2, 0.25) is 11.8 Å². The zero-order valence-electron chi connectivity index (χ0n) is 23.0. The van der Waals surface area contributed by atoms with Crippen LogP contribution in [0.5, 0.6) is 0 Å². The minimum absolute atomic E-state index is 0.0419. The first-order valence-electron chi connectivity index (χ1n) is 13.6. The molecule has 8 nitrogen and oxygen atoms in total. The van der Waals surface area contributed by atoms with Gasteiger partial charge in [0, 0.05) is 36.9 Å². The van der Waals surface area contributed by atoms with Crippen molar-refractivity contribution in [3.8, 4) is 0 Å². The van der Waals surface area contributed by atoms with Gasteiger partial charge in [-0.25, -0.2) is 4.79 Å². The van der Waals surface area contributed by atoms with Crippen molar-refractivity contribution in [3.63, 3.8) is 0 Å². The number of para-hydroxylation sites is 1. The number of carbonyl (C=O) groups is 3. The molecule has 1 saturated heterocycles. The number of urea groups is 1. The SMILES string of the molecule is CC(C)(N)CNC(=O)N[C@@H](CCc1ccccc1)C(=O)N1CCC(N2C(=O)C(C)(C)c3ccccc32)CC1. The maximum absolute atomic E-state index is 13.6. The zero-order valence-corrected chi connectivity index (χ0v) is 23.0. The van der Waals surface area contributed by atoms with Crippen LogP contribution in [0, 0.1) is 0 Å². The van der Waals surface area contributed by atoms with Crippen molar-refractivity contribution in [1.82, 2.24) is 15.5 Å². The summed E-state index contributed by atoms with van der Waals surface area (Å²) in [5.74, 6) is 0.0281. The molecule has 8 heteroatoms. The molecule has 0 saturated carbocycles. The lowest BCUT2D eigenvalue weighted by atomic mass is 9.86. The smallest absolute Gasteiger partial charge is 0.315 e. The molecule has 2 aliphatic heterocycles. The summed E-state index contributed by atoms with van der Waals surface area (Å²) in [6, 6.07) is 16.9. The van der Waals surface area contributed by atoms with Gasteiger partial charge in [0.15, 0.2) is 0 Å². The van der Waals surface area contributed by atoms with Crippen molar-refractivity contribution >= 4 is 23.5 Å². The summed E-state index contributed by atoms with van der Waals surface area (Å²) in [5, 5.41) is 5.68. The maximum Gasteiger partial charge on any atom is 0.315 e. The van der Waals surface area contributed by atoms with E-state index in [0.29, 0.717) is 45.3 Å². The van der Waals surface area contributed by atoms with Gasteiger partial charge in [0.25, 0.3) is 0 Å². The highest BCUT2D eigenvalue weighted by Crippen LogP contribution is 2.43. The van der Waals surface area contributed by atoms with Gasteiger partial charge in [-0.05, 0) is 70.6 Å². The van der Waals surface area contributed by atoms with Crippen molar-refractivity contribution in [2.24, 2.45) is 5.73 Å². The van der Waals surface area contributed by atoms with Crippen molar-refractivity contribution < 1.29 is 14.4 Å². The lowest BCUT2D eigenvalue weighted by molar-refractivity contribution is -0.134. The molecule has 2 aromatic carbocycles. The highest BCUT2D eigenvalue weighted by molar-refractivity contribution is 6.08. The Morgan fingerprint density at radius 3 is 2.34 bits per heavy atom. The third kappa shape index (κ3) is 6.18. The molecule has 0 bridgehead atoms. The van der Waals surface area contributed by atoms with Gasteiger partial charge in [0.1, 0.15) is 6.04 Å². The Bertz CT molecular complexity index is 1150. The van der Waals surface area contributed by atoms with E-state index in [1.807, 2.05) is 92.1 Å². The normalized spacial score (nSPS) is 18.2. The molecule has 204 valence electrons. The number of hydrogen-bond donors (Lipinski definition) is 3. The van der Waals surface area contributed by atoms with Gasteiger partial charge in [-0.1, -0.05) is 48.5 Å². The number of anilines is 1. The number of nitrogens with zero attached hydrogens (tertiary/aromatic N) is 2. The second-order valence-electron chi connectivity index (χ2n) is 11.8. The fourth-order valence-electron chi connectivity index (χ4n) is 5.40. The Labute approximate surface area is 225 Å². The molecule has 38 heavy (non-hydrogen) atoms. The van der Waals surface area contributed by atoms with E-state index in [-0.39, 0.29) is 17.9 Å². The molecular formula is C30H41N5O3. The average molecular weight is 520 g/mol. The predicted octanol–water partition coefficient (Wildman–Crippen LogP) is 3.34. The highest BCUT2D eigenvalue weighted by Gasteiger charge is 2.46. The summed E-state index contributed by atoms with van der Waals surface area (Å²) in [4.78, 5) is 43.4. The molecule has 0 spiro atoms. The molecule has 1 fully saturated rings. The van der Waals surface area contributed by atoms with E-state index < -0.39 is 23.0 Å². The topological polar surface area (TPSA) is 108 Å². The first-order valence-corrected chi connectivity index (χ1v) is 13.6. The number of fused-ring (bicyclic) bond motifs is 1. The molecule has 4 amide bonds. The number of aryl methyl sites for hydroxylation is 1. The van der Waals surface area contributed by atoms with Crippen molar-refractivity contribution in [2.75, 3.05) is 24.5 Å². The summed E-state index contributed by atoms with van der Waals surface area (Å²) >= 11 is 0. The van der Waals surface area contributed by atoms with Crippen molar-refractivity contribution in [3.05, 3.63) is 65.7 Å². The summed E-state index contributed by atoms with van der Waals surface area (Å²) in [6.07, 6.45) is 2.56. The number of amides is 4. The number of carbonyl (C=O) groups excluding carboxylic acids is 3. The van der Waals surface area contributed by atoms with Crippen LogP contribution in [0.4, 0.5) is 10.5 Å². The van der Waals surface area contributed by atoms with Gasteiger partial charge < -0.3 is 26.2 Å². The predicted molar refractivity (Wildman–Crippen MR) is 150 cm³/mol. The molecule has 2 aliphatic rings. The Morgan fingerprint density at radius 2 is 1.68 bits per heavy atom. The first-order chi connectivity index (χ1) is 18.0. The van der Waals surface area contributed by atoms with Crippen molar-refractivity contribution in [1.29, 1.82) is 0 Å². The van der Waals surface area contributed by atoms with E-state index >= 15 is 0 Å². The molecule has 0 aromatic heterocycles. The fraction of sp³-hybridized carbons (Fsp3) is 0.500. The number of nitrogens with two attached hydrogens (primary N) is 1. The third-order valence-corrected chi connectivity index (χ3v) is 7.60. The quantitative estimate of drug-likeness (QED) is 0.497. The minimum atomic E-state index is -0.652. The molecule has 4 N–H and O–H groups in total. The van der Waals surface area contributed by atoms with E-state index in [1.165, 1.54) is 0 Å². The van der Waals surface area contributed by atoms with E-state index in [9.17, 15) is 14.4 Å². The lowest BCUT2D eigenvalue weighted by Crippen LogP contribution is -2.56.